The molecule has 0 aromatic heterocycles. The van der Waals surface area contributed by atoms with Crippen LogP contribution in [0.2, 0.25) is 5.02 Å². The average molecular weight is 414 g/mol. The van der Waals surface area contributed by atoms with Crippen LogP contribution in [0.1, 0.15) is 15.9 Å². The van der Waals surface area contributed by atoms with Gasteiger partial charge in [-0.2, -0.15) is 4.31 Å². The van der Waals surface area contributed by atoms with Crippen molar-refractivity contribution in [1.82, 2.24) is 4.31 Å². The Bertz CT molecular complexity index is 945. The van der Waals surface area contributed by atoms with Crippen molar-refractivity contribution in [2.45, 2.75) is 11.5 Å². The van der Waals surface area contributed by atoms with Gasteiger partial charge in [0.1, 0.15) is 17.3 Å². The fraction of sp³-hybridized carbons (Fsp3) is 0.278. The lowest BCUT2D eigenvalue weighted by atomic mass is 10.2. The number of ether oxygens (including phenoxy) is 2. The Hall–Kier alpha value is -2.00. The van der Waals surface area contributed by atoms with Crippen molar-refractivity contribution >= 4 is 27.6 Å². The van der Waals surface area contributed by atoms with Gasteiger partial charge in [-0.3, -0.25) is 0 Å². The quantitative estimate of drug-likeness (QED) is 0.705. The lowest BCUT2D eigenvalue weighted by molar-refractivity contribution is 0.0472. The normalized spacial score (nSPS) is 15.5. The van der Waals surface area contributed by atoms with Crippen LogP contribution in [0.4, 0.5) is 4.39 Å². The molecule has 1 fully saturated rings. The van der Waals surface area contributed by atoms with Crippen LogP contribution < -0.4 is 0 Å². The van der Waals surface area contributed by atoms with Crippen molar-refractivity contribution in [2.24, 2.45) is 0 Å². The van der Waals surface area contributed by atoms with E-state index in [1.807, 2.05) is 0 Å². The van der Waals surface area contributed by atoms with E-state index in [4.69, 9.17) is 21.1 Å². The number of carbonyl (C=O) groups is 1. The monoisotopic (exact) mass is 413 g/mol. The van der Waals surface area contributed by atoms with E-state index in [9.17, 15) is 17.6 Å². The Morgan fingerprint density at radius 1 is 1.19 bits per heavy atom. The molecule has 0 N–H and O–H groups in total. The van der Waals surface area contributed by atoms with Crippen molar-refractivity contribution in [3.63, 3.8) is 0 Å². The van der Waals surface area contributed by atoms with Gasteiger partial charge in [-0.05, 0) is 35.9 Å². The second-order valence-electron chi connectivity index (χ2n) is 5.87. The molecule has 1 saturated heterocycles. The number of sulfonamides is 1. The molecule has 2 aromatic rings. The minimum Gasteiger partial charge on any atom is -0.457 e. The van der Waals surface area contributed by atoms with Gasteiger partial charge in [0.05, 0.1) is 18.8 Å². The molecule has 27 heavy (non-hydrogen) atoms. The maximum atomic E-state index is 14.2. The number of esters is 1. The van der Waals surface area contributed by atoms with Crippen molar-refractivity contribution in [3.8, 4) is 0 Å². The average Bonchev–Trinajstić information content (AvgIpc) is 2.67. The summed E-state index contributed by atoms with van der Waals surface area (Å²) in [5, 5.41) is 0.504. The molecule has 3 rings (SSSR count). The first kappa shape index (κ1) is 19.8. The van der Waals surface area contributed by atoms with Crippen LogP contribution in [-0.4, -0.2) is 45.0 Å². The third-order valence-corrected chi connectivity index (χ3v) is 6.16. The molecule has 1 aliphatic heterocycles. The highest BCUT2D eigenvalue weighted by Gasteiger charge is 2.30. The summed E-state index contributed by atoms with van der Waals surface area (Å²) in [6, 6.07) is 9.93. The molecular formula is C18H17ClFNO5S. The first-order valence-corrected chi connectivity index (χ1v) is 9.99. The highest BCUT2D eigenvalue weighted by Crippen LogP contribution is 2.22. The molecule has 0 bridgehead atoms. The van der Waals surface area contributed by atoms with E-state index in [1.54, 1.807) is 24.3 Å². The lowest BCUT2D eigenvalue weighted by Gasteiger charge is -2.26. The van der Waals surface area contributed by atoms with E-state index in [0.29, 0.717) is 10.6 Å². The Labute approximate surface area is 161 Å². The van der Waals surface area contributed by atoms with Crippen LogP contribution in [0.25, 0.3) is 0 Å². The highest BCUT2D eigenvalue weighted by molar-refractivity contribution is 7.89. The molecule has 1 aliphatic rings. The first-order valence-electron chi connectivity index (χ1n) is 8.17. The second kappa shape index (κ2) is 8.35. The molecule has 6 nitrogen and oxygen atoms in total. The Balaban J connectivity index is 1.79. The van der Waals surface area contributed by atoms with Gasteiger partial charge in [-0.1, -0.05) is 23.7 Å². The van der Waals surface area contributed by atoms with E-state index < -0.39 is 26.7 Å². The number of hydrogen-bond donors (Lipinski definition) is 0. The van der Waals surface area contributed by atoms with Gasteiger partial charge >= 0.3 is 5.97 Å². The van der Waals surface area contributed by atoms with Crippen molar-refractivity contribution in [1.29, 1.82) is 0 Å². The predicted octanol–water partition coefficient (Wildman–Crippen LogP) is 2.86. The lowest BCUT2D eigenvalue weighted by Crippen LogP contribution is -2.41. The van der Waals surface area contributed by atoms with Crippen LogP contribution in [0.5, 0.6) is 0 Å². The van der Waals surface area contributed by atoms with Gasteiger partial charge in [0.2, 0.25) is 10.0 Å². The molecule has 144 valence electrons. The van der Waals surface area contributed by atoms with Gasteiger partial charge in [-0.25, -0.2) is 17.6 Å². The molecule has 0 saturated carbocycles. The smallest absolute Gasteiger partial charge is 0.338 e. The largest absolute Gasteiger partial charge is 0.457 e. The van der Waals surface area contributed by atoms with E-state index in [1.165, 1.54) is 6.07 Å². The summed E-state index contributed by atoms with van der Waals surface area (Å²) in [5.41, 5.74) is 0.629. The maximum Gasteiger partial charge on any atom is 0.338 e. The number of benzene rings is 2. The summed E-state index contributed by atoms with van der Waals surface area (Å²) >= 11 is 5.88. The number of hydrogen-bond acceptors (Lipinski definition) is 5. The minimum atomic E-state index is -4.07. The first-order chi connectivity index (χ1) is 12.9. The molecule has 0 atom stereocenters. The van der Waals surface area contributed by atoms with Gasteiger partial charge in [0.25, 0.3) is 0 Å². The summed E-state index contributed by atoms with van der Waals surface area (Å²) in [4.78, 5) is 11.7. The van der Waals surface area contributed by atoms with E-state index in [-0.39, 0.29) is 38.5 Å². The van der Waals surface area contributed by atoms with Gasteiger partial charge in [-0.15, -0.1) is 0 Å². The molecule has 0 amide bonds. The molecule has 0 radical (unpaired) electrons. The van der Waals surface area contributed by atoms with E-state index >= 15 is 0 Å². The zero-order valence-electron chi connectivity index (χ0n) is 14.2. The van der Waals surface area contributed by atoms with Crippen molar-refractivity contribution in [2.75, 3.05) is 26.3 Å². The van der Waals surface area contributed by atoms with Crippen LogP contribution >= 0.6 is 11.6 Å². The Morgan fingerprint density at radius 2 is 1.93 bits per heavy atom. The topological polar surface area (TPSA) is 72.9 Å². The molecule has 0 unspecified atom stereocenters. The number of morpholine rings is 1. The zero-order chi connectivity index (χ0) is 19.4. The highest BCUT2D eigenvalue weighted by atomic mass is 35.5. The minimum absolute atomic E-state index is 0.0394. The van der Waals surface area contributed by atoms with E-state index in [2.05, 4.69) is 0 Å². The summed E-state index contributed by atoms with van der Waals surface area (Å²) in [6.45, 7) is 0.698. The number of carbonyl (C=O) groups excluding carboxylic acids is 1. The molecule has 0 aliphatic carbocycles. The fourth-order valence-corrected chi connectivity index (χ4v) is 4.32. The van der Waals surface area contributed by atoms with Crippen LogP contribution in [0.15, 0.2) is 47.4 Å². The predicted molar refractivity (Wildman–Crippen MR) is 96.5 cm³/mol. The molecule has 0 spiro atoms. The number of nitrogens with zero attached hydrogens (tertiary/aromatic N) is 1. The third kappa shape index (κ3) is 4.65. The zero-order valence-corrected chi connectivity index (χ0v) is 15.8. The Kier molecular flexibility index (Phi) is 6.11. The summed E-state index contributed by atoms with van der Waals surface area (Å²) in [5.74, 6) is -1.68. The summed E-state index contributed by atoms with van der Waals surface area (Å²) < 4.78 is 50.9. The standard InChI is InChI=1S/C18H17ClFNO5S/c19-15-3-1-2-13(10-15)12-26-18(22)14-4-5-16(20)17(11-14)27(23,24)21-6-8-25-9-7-21/h1-5,10-11H,6-9,12H2. The third-order valence-electron chi connectivity index (χ3n) is 4.01. The van der Waals surface area contributed by atoms with Crippen molar-refractivity contribution < 1.29 is 27.1 Å². The summed E-state index contributed by atoms with van der Waals surface area (Å²) in [7, 11) is -4.07. The fourth-order valence-electron chi connectivity index (χ4n) is 2.61. The second-order valence-corrected chi connectivity index (χ2v) is 8.21. The number of halogens is 2. The summed E-state index contributed by atoms with van der Waals surface area (Å²) in [6.07, 6.45) is 0. The molecular weight excluding hydrogens is 397 g/mol. The van der Waals surface area contributed by atoms with Crippen LogP contribution in [0, 0.1) is 5.82 Å². The number of rotatable bonds is 5. The molecule has 9 heteroatoms. The van der Waals surface area contributed by atoms with Crippen molar-refractivity contribution in [3.05, 3.63) is 64.4 Å². The van der Waals surface area contributed by atoms with Crippen LogP contribution in [0.3, 0.4) is 0 Å². The maximum absolute atomic E-state index is 14.2. The molecule has 1 heterocycles. The van der Waals surface area contributed by atoms with Gasteiger partial charge in [0, 0.05) is 18.1 Å². The SMILES string of the molecule is O=C(OCc1cccc(Cl)c1)c1ccc(F)c(S(=O)(=O)N2CCOCC2)c1. The van der Waals surface area contributed by atoms with Gasteiger partial charge < -0.3 is 9.47 Å². The van der Waals surface area contributed by atoms with Crippen LogP contribution in [-0.2, 0) is 26.1 Å². The Morgan fingerprint density at radius 3 is 2.63 bits per heavy atom. The van der Waals surface area contributed by atoms with Gasteiger partial charge in [0.15, 0.2) is 0 Å². The molecule has 2 aromatic carbocycles. The van der Waals surface area contributed by atoms with E-state index in [0.717, 1.165) is 16.4 Å².